The monoisotopic (exact) mass is 451 g/mol. The van der Waals surface area contributed by atoms with E-state index in [0.29, 0.717) is 28.1 Å². The van der Waals surface area contributed by atoms with Crippen LogP contribution in [0.4, 0.5) is 10.2 Å². The first-order valence-corrected chi connectivity index (χ1v) is 11.4. The van der Waals surface area contributed by atoms with Gasteiger partial charge in [0, 0.05) is 17.4 Å². The summed E-state index contributed by atoms with van der Waals surface area (Å²) in [7, 11) is -3.30. The second-order valence-corrected chi connectivity index (χ2v) is 9.13. The largest absolute Gasteiger partial charge is 0.472 e. The van der Waals surface area contributed by atoms with Crippen LogP contribution >= 0.6 is 0 Å². The van der Waals surface area contributed by atoms with Crippen LogP contribution in [0.5, 0.6) is 0 Å². The quantitative estimate of drug-likeness (QED) is 0.473. The Labute approximate surface area is 183 Å². The van der Waals surface area contributed by atoms with Crippen LogP contribution in [0.1, 0.15) is 5.56 Å². The minimum atomic E-state index is -3.30. The van der Waals surface area contributed by atoms with Crippen LogP contribution in [-0.4, -0.2) is 30.5 Å². The molecule has 9 heteroatoms. The second kappa shape index (κ2) is 8.72. The Balaban J connectivity index is 1.57. The zero-order valence-corrected chi connectivity index (χ0v) is 17.8. The highest BCUT2D eigenvalue weighted by Gasteiger charge is 2.15. The summed E-state index contributed by atoms with van der Waals surface area (Å²) < 4.78 is 41.6. The van der Waals surface area contributed by atoms with Gasteiger partial charge in [-0.2, -0.15) is 0 Å². The first kappa shape index (κ1) is 21.4. The third-order valence-corrected chi connectivity index (χ3v) is 5.80. The Bertz CT molecular complexity index is 1350. The number of rotatable bonds is 6. The molecule has 1 amide bonds. The zero-order chi connectivity index (χ0) is 22.7. The van der Waals surface area contributed by atoms with Gasteiger partial charge in [0.2, 0.25) is 5.91 Å². The summed E-state index contributed by atoms with van der Waals surface area (Å²) in [5.41, 5.74) is 2.96. The smallest absolute Gasteiger partial charge is 0.229 e. The molecule has 32 heavy (non-hydrogen) atoms. The normalized spacial score (nSPS) is 11.3. The van der Waals surface area contributed by atoms with Gasteiger partial charge in [-0.3, -0.25) is 9.78 Å². The molecule has 0 unspecified atom stereocenters. The van der Waals surface area contributed by atoms with Gasteiger partial charge in [0.05, 0.1) is 35.7 Å². The van der Waals surface area contributed by atoms with Crippen molar-refractivity contribution in [1.82, 2.24) is 9.97 Å². The predicted molar refractivity (Wildman–Crippen MR) is 117 cm³/mol. The highest BCUT2D eigenvalue weighted by atomic mass is 32.2. The van der Waals surface area contributed by atoms with Crippen molar-refractivity contribution in [2.24, 2.45) is 0 Å². The first-order chi connectivity index (χ1) is 15.3. The molecule has 0 aliphatic carbocycles. The predicted octanol–water partition coefficient (Wildman–Crippen LogP) is 4.13. The zero-order valence-electron chi connectivity index (χ0n) is 16.9. The minimum absolute atomic E-state index is 0.0342. The van der Waals surface area contributed by atoms with E-state index in [1.54, 1.807) is 30.3 Å². The fraction of sp³-hybridized carbons (Fsp3) is 0.0870. The highest BCUT2D eigenvalue weighted by Crippen LogP contribution is 2.30. The molecule has 4 aromatic rings. The lowest BCUT2D eigenvalue weighted by atomic mass is 10.1. The molecule has 7 nitrogen and oxygen atoms in total. The van der Waals surface area contributed by atoms with E-state index in [2.05, 4.69) is 15.3 Å². The van der Waals surface area contributed by atoms with Crippen molar-refractivity contribution in [2.75, 3.05) is 11.6 Å². The van der Waals surface area contributed by atoms with Crippen molar-refractivity contribution < 1.29 is 22.0 Å². The number of furan rings is 1. The molecule has 0 bridgehead atoms. The number of carbonyl (C=O) groups is 1. The van der Waals surface area contributed by atoms with E-state index >= 15 is 0 Å². The molecule has 0 radical (unpaired) electrons. The van der Waals surface area contributed by atoms with Crippen molar-refractivity contribution in [3.63, 3.8) is 0 Å². The molecule has 0 atom stereocenters. The van der Waals surface area contributed by atoms with Crippen LogP contribution in [0, 0.1) is 5.82 Å². The van der Waals surface area contributed by atoms with Gasteiger partial charge >= 0.3 is 0 Å². The molecular formula is C23H18FN3O4S. The highest BCUT2D eigenvalue weighted by molar-refractivity contribution is 7.90. The number of nitrogens with one attached hydrogen (secondary N) is 1. The van der Waals surface area contributed by atoms with Gasteiger partial charge in [-0.05, 0) is 48.0 Å². The van der Waals surface area contributed by atoms with Gasteiger partial charge in [-0.15, -0.1) is 0 Å². The van der Waals surface area contributed by atoms with E-state index in [0.717, 1.165) is 6.26 Å². The Morgan fingerprint density at radius 3 is 2.34 bits per heavy atom. The van der Waals surface area contributed by atoms with Crippen LogP contribution in [0.2, 0.25) is 0 Å². The fourth-order valence-corrected chi connectivity index (χ4v) is 3.73. The summed E-state index contributed by atoms with van der Waals surface area (Å²) in [5, 5.41) is 2.70. The van der Waals surface area contributed by atoms with E-state index in [-0.39, 0.29) is 28.9 Å². The minimum Gasteiger partial charge on any atom is -0.472 e. The Morgan fingerprint density at radius 2 is 1.72 bits per heavy atom. The molecule has 0 aliphatic heterocycles. The number of hydrogen-bond acceptors (Lipinski definition) is 6. The summed E-state index contributed by atoms with van der Waals surface area (Å²) in [6, 6.07) is 13.7. The fourth-order valence-electron chi connectivity index (χ4n) is 3.10. The van der Waals surface area contributed by atoms with Crippen LogP contribution in [0.15, 0.2) is 82.6 Å². The maximum absolute atomic E-state index is 13.3. The van der Waals surface area contributed by atoms with E-state index in [1.165, 1.54) is 43.0 Å². The molecule has 2 aromatic heterocycles. The van der Waals surface area contributed by atoms with Crippen molar-refractivity contribution in [2.45, 2.75) is 11.3 Å². The second-order valence-electron chi connectivity index (χ2n) is 7.11. The third-order valence-electron chi connectivity index (χ3n) is 4.67. The number of amides is 1. The molecule has 4 rings (SSSR count). The molecule has 2 aromatic carbocycles. The van der Waals surface area contributed by atoms with Crippen LogP contribution in [0.3, 0.4) is 0 Å². The molecule has 2 heterocycles. The number of sulfone groups is 1. The summed E-state index contributed by atoms with van der Waals surface area (Å²) >= 11 is 0. The number of hydrogen-bond donors (Lipinski definition) is 1. The summed E-state index contributed by atoms with van der Waals surface area (Å²) in [6.45, 7) is 0. The Morgan fingerprint density at radius 1 is 1.00 bits per heavy atom. The SMILES string of the molecule is CS(=O)(=O)c1ccc(CC(=O)Nc2cnc(-c3ccc(F)cc3)c(-c3ccoc3)n2)cc1. The van der Waals surface area contributed by atoms with Gasteiger partial charge in [0.1, 0.15) is 11.5 Å². The van der Waals surface area contributed by atoms with E-state index in [4.69, 9.17) is 4.42 Å². The van der Waals surface area contributed by atoms with Crippen molar-refractivity contribution in [1.29, 1.82) is 0 Å². The van der Waals surface area contributed by atoms with Gasteiger partial charge < -0.3 is 9.73 Å². The summed E-state index contributed by atoms with van der Waals surface area (Å²) in [6.07, 6.45) is 5.59. The van der Waals surface area contributed by atoms with Crippen LogP contribution in [0.25, 0.3) is 22.5 Å². The molecule has 0 saturated carbocycles. The number of anilines is 1. The third kappa shape index (κ3) is 4.89. The van der Waals surface area contributed by atoms with Crippen LogP contribution < -0.4 is 5.32 Å². The standard InChI is InChI=1S/C23H18FN3O4S/c1-32(29,30)19-8-2-15(3-9-19)12-21(28)26-20-13-25-22(16-4-6-18(24)7-5-16)23(27-20)17-10-11-31-14-17/h2-11,13-14H,12H2,1H3,(H,26,27,28). The molecule has 0 fully saturated rings. The number of carbonyl (C=O) groups excluding carboxylic acids is 1. The number of halogens is 1. The molecule has 0 aliphatic rings. The average molecular weight is 451 g/mol. The molecular weight excluding hydrogens is 433 g/mol. The van der Waals surface area contributed by atoms with Crippen LogP contribution in [-0.2, 0) is 21.1 Å². The maximum Gasteiger partial charge on any atom is 0.229 e. The first-order valence-electron chi connectivity index (χ1n) is 9.54. The maximum atomic E-state index is 13.3. The van der Waals surface area contributed by atoms with E-state index < -0.39 is 9.84 Å². The van der Waals surface area contributed by atoms with Gasteiger partial charge in [-0.1, -0.05) is 12.1 Å². The van der Waals surface area contributed by atoms with Gasteiger partial charge in [-0.25, -0.2) is 17.8 Å². The van der Waals surface area contributed by atoms with Gasteiger partial charge in [0.25, 0.3) is 0 Å². The number of nitrogens with zero attached hydrogens (tertiary/aromatic N) is 2. The lowest BCUT2D eigenvalue weighted by Crippen LogP contribution is -2.16. The number of benzene rings is 2. The van der Waals surface area contributed by atoms with Gasteiger partial charge in [0.15, 0.2) is 15.7 Å². The average Bonchev–Trinajstić information content (AvgIpc) is 3.29. The summed E-state index contributed by atoms with van der Waals surface area (Å²) in [5.74, 6) is -0.455. The molecule has 0 saturated heterocycles. The molecule has 0 spiro atoms. The van der Waals surface area contributed by atoms with E-state index in [1.807, 2.05) is 0 Å². The van der Waals surface area contributed by atoms with Crippen molar-refractivity contribution >= 4 is 21.6 Å². The molecule has 162 valence electrons. The Kier molecular flexibility index (Phi) is 5.83. The van der Waals surface area contributed by atoms with Crippen molar-refractivity contribution in [3.05, 3.63) is 84.7 Å². The lowest BCUT2D eigenvalue weighted by Gasteiger charge is -2.10. The summed E-state index contributed by atoms with van der Waals surface area (Å²) in [4.78, 5) is 21.6. The topological polar surface area (TPSA) is 102 Å². The number of aromatic nitrogens is 2. The molecule has 1 N–H and O–H groups in total. The van der Waals surface area contributed by atoms with E-state index in [9.17, 15) is 17.6 Å². The lowest BCUT2D eigenvalue weighted by molar-refractivity contribution is -0.115. The van der Waals surface area contributed by atoms with Crippen molar-refractivity contribution in [3.8, 4) is 22.5 Å². The Hall–Kier alpha value is -3.85.